The molecule has 2 aromatic carbocycles. The molecule has 7 heteroatoms. The maximum Gasteiger partial charge on any atom is 0.241 e. The van der Waals surface area contributed by atoms with Gasteiger partial charge in [-0.3, -0.25) is 9.69 Å². The summed E-state index contributed by atoms with van der Waals surface area (Å²) in [7, 11) is -3.75. The number of amides is 1. The highest BCUT2D eigenvalue weighted by atomic mass is 32.2. The molecule has 1 atom stereocenters. The molecule has 0 spiro atoms. The summed E-state index contributed by atoms with van der Waals surface area (Å²) in [5, 5.41) is 5.24. The van der Waals surface area contributed by atoms with Gasteiger partial charge in [-0.2, -0.15) is 0 Å². The zero-order valence-corrected chi connectivity index (χ0v) is 17.2. The van der Waals surface area contributed by atoms with Gasteiger partial charge in [0, 0.05) is 24.8 Å². The molecule has 2 aliphatic heterocycles. The number of carbonyl (C=O) groups excluding carboxylic acids is 1. The minimum Gasteiger partial charge on any atom is -0.308 e. The molecule has 0 saturated carbocycles. The second-order valence-corrected chi connectivity index (χ2v) is 9.29. The molecule has 0 radical (unpaired) electrons. The third-order valence-corrected chi connectivity index (χ3v) is 6.57. The first-order valence-corrected chi connectivity index (χ1v) is 11.3. The molecule has 2 aliphatic rings. The van der Waals surface area contributed by atoms with Gasteiger partial charge in [0.2, 0.25) is 15.9 Å². The van der Waals surface area contributed by atoms with Crippen molar-refractivity contribution < 1.29 is 13.2 Å². The van der Waals surface area contributed by atoms with E-state index >= 15 is 0 Å². The van der Waals surface area contributed by atoms with E-state index in [4.69, 9.17) is 5.14 Å². The van der Waals surface area contributed by atoms with E-state index in [1.54, 1.807) is 17.0 Å². The predicted octanol–water partition coefficient (Wildman–Crippen LogP) is 2.40. The van der Waals surface area contributed by atoms with Crippen LogP contribution in [-0.4, -0.2) is 44.9 Å². The van der Waals surface area contributed by atoms with Crippen LogP contribution in [0.4, 0.5) is 5.69 Å². The maximum atomic E-state index is 13.0. The van der Waals surface area contributed by atoms with Gasteiger partial charge in [0.1, 0.15) is 0 Å². The Bertz CT molecular complexity index is 1060. The molecule has 0 bridgehead atoms. The number of carbonyl (C=O) groups is 1. The van der Waals surface area contributed by atoms with Crippen LogP contribution in [0.15, 0.2) is 59.5 Å². The molecule has 2 aromatic rings. The van der Waals surface area contributed by atoms with Crippen molar-refractivity contribution in [2.75, 3.05) is 24.5 Å². The highest BCUT2D eigenvalue weighted by Crippen LogP contribution is 2.34. The molecule has 0 saturated heterocycles. The molecule has 6 nitrogen and oxygen atoms in total. The van der Waals surface area contributed by atoms with Crippen LogP contribution in [0.1, 0.15) is 24.5 Å². The number of hydrogen-bond donors (Lipinski definition) is 1. The third-order valence-electron chi connectivity index (χ3n) is 5.66. The lowest BCUT2D eigenvalue weighted by Gasteiger charge is -2.29. The number of nitrogens with zero attached hydrogens (tertiary/aromatic N) is 2. The van der Waals surface area contributed by atoms with E-state index in [0.717, 1.165) is 30.8 Å². The second-order valence-electron chi connectivity index (χ2n) is 7.73. The number of rotatable bonds is 4. The van der Waals surface area contributed by atoms with Crippen LogP contribution in [0.2, 0.25) is 0 Å². The number of hydrogen-bond acceptors (Lipinski definition) is 4. The molecule has 0 aromatic heterocycles. The van der Waals surface area contributed by atoms with Crippen molar-refractivity contribution in [1.82, 2.24) is 4.90 Å². The monoisotopic (exact) mass is 411 g/mol. The summed E-state index contributed by atoms with van der Waals surface area (Å²) >= 11 is 0. The molecule has 2 heterocycles. The second kappa shape index (κ2) is 7.74. The molecule has 0 aliphatic carbocycles. The molecule has 29 heavy (non-hydrogen) atoms. The molecule has 2 N–H and O–H groups in total. The van der Waals surface area contributed by atoms with Crippen molar-refractivity contribution in [3.05, 3.63) is 65.7 Å². The Morgan fingerprint density at radius 1 is 1.17 bits per heavy atom. The average molecular weight is 412 g/mol. The normalized spacial score (nSPS) is 19.7. The van der Waals surface area contributed by atoms with Crippen molar-refractivity contribution in [2.45, 2.75) is 30.7 Å². The van der Waals surface area contributed by atoms with E-state index in [9.17, 15) is 13.2 Å². The van der Waals surface area contributed by atoms with Crippen LogP contribution >= 0.6 is 0 Å². The van der Waals surface area contributed by atoms with E-state index < -0.39 is 10.0 Å². The van der Waals surface area contributed by atoms with Crippen molar-refractivity contribution in [3.63, 3.8) is 0 Å². The number of benzene rings is 2. The summed E-state index contributed by atoms with van der Waals surface area (Å²) in [6, 6.07) is 15.1. The van der Waals surface area contributed by atoms with Crippen LogP contribution in [-0.2, 0) is 21.2 Å². The molecule has 1 amide bonds. The molecule has 152 valence electrons. The van der Waals surface area contributed by atoms with Gasteiger partial charge in [0.15, 0.2) is 0 Å². The van der Waals surface area contributed by atoms with E-state index in [0.29, 0.717) is 13.0 Å². The van der Waals surface area contributed by atoms with Gasteiger partial charge in [-0.1, -0.05) is 36.4 Å². The Hall–Kier alpha value is -2.48. The van der Waals surface area contributed by atoms with Crippen LogP contribution < -0.4 is 10.0 Å². The van der Waals surface area contributed by atoms with Gasteiger partial charge >= 0.3 is 0 Å². The number of nitrogens with two attached hydrogens (primary N) is 1. The topological polar surface area (TPSA) is 83.7 Å². The lowest BCUT2D eigenvalue weighted by Crippen LogP contribution is -2.44. The summed E-state index contributed by atoms with van der Waals surface area (Å²) in [5.41, 5.74) is 4.20. The number of sulfonamides is 1. The molecular weight excluding hydrogens is 386 g/mol. The molecule has 0 unspecified atom stereocenters. The van der Waals surface area contributed by atoms with Gasteiger partial charge in [-0.15, -0.1) is 0 Å². The van der Waals surface area contributed by atoms with Crippen LogP contribution in [0.25, 0.3) is 5.57 Å². The number of primary sulfonamides is 1. The minimum atomic E-state index is -3.75. The minimum absolute atomic E-state index is 0.00607. The molecule has 4 rings (SSSR count). The van der Waals surface area contributed by atoms with E-state index in [1.165, 1.54) is 17.2 Å². The van der Waals surface area contributed by atoms with E-state index in [-0.39, 0.29) is 16.8 Å². The highest BCUT2D eigenvalue weighted by Gasteiger charge is 2.32. The maximum absolute atomic E-state index is 13.0. The number of fused-ring (bicyclic) bond motifs is 1. The van der Waals surface area contributed by atoms with Gasteiger partial charge in [0.05, 0.1) is 11.4 Å². The largest absolute Gasteiger partial charge is 0.308 e. The average Bonchev–Trinajstić information content (AvgIpc) is 3.03. The molecular formula is C22H25N3O3S. The summed E-state index contributed by atoms with van der Waals surface area (Å²) < 4.78 is 23.2. The Labute approximate surface area is 171 Å². The predicted molar refractivity (Wildman–Crippen MR) is 114 cm³/mol. The standard InChI is InChI=1S/C22H25N3O3S/c1-16-13-19-14-20(29(23,27)28)7-8-21(19)25(16)22(26)15-24-11-9-18(10-12-24)17-5-3-2-4-6-17/h2-9,14,16H,10-13,15H2,1H3,(H2,23,27,28)/t16-/m1/s1. The zero-order valence-electron chi connectivity index (χ0n) is 16.4. The zero-order chi connectivity index (χ0) is 20.6. The van der Waals surface area contributed by atoms with Crippen molar-refractivity contribution in [1.29, 1.82) is 0 Å². The number of anilines is 1. The van der Waals surface area contributed by atoms with Crippen LogP contribution in [0.3, 0.4) is 0 Å². The van der Waals surface area contributed by atoms with Gasteiger partial charge in [-0.25, -0.2) is 13.6 Å². The van der Waals surface area contributed by atoms with Crippen molar-refractivity contribution in [2.24, 2.45) is 5.14 Å². The summed E-state index contributed by atoms with van der Waals surface area (Å²) in [6.45, 7) is 3.92. The highest BCUT2D eigenvalue weighted by molar-refractivity contribution is 7.89. The van der Waals surface area contributed by atoms with Gasteiger partial charge < -0.3 is 4.90 Å². The Balaban J connectivity index is 1.46. The Morgan fingerprint density at radius 2 is 1.93 bits per heavy atom. The SMILES string of the molecule is C[C@@H]1Cc2cc(S(N)(=O)=O)ccc2N1C(=O)CN1CC=C(c2ccccc2)CC1. The van der Waals surface area contributed by atoms with Crippen LogP contribution in [0, 0.1) is 0 Å². The summed E-state index contributed by atoms with van der Waals surface area (Å²) in [4.78, 5) is 17.1. The first kappa shape index (κ1) is 19.8. The fourth-order valence-electron chi connectivity index (χ4n) is 4.20. The first-order valence-electron chi connectivity index (χ1n) is 9.77. The first-order chi connectivity index (χ1) is 13.8. The summed E-state index contributed by atoms with van der Waals surface area (Å²) in [5.74, 6) is 0.0381. The van der Waals surface area contributed by atoms with Crippen molar-refractivity contribution >= 4 is 27.2 Å². The Morgan fingerprint density at radius 3 is 2.59 bits per heavy atom. The fraction of sp³-hybridized carbons (Fsp3) is 0.318. The lowest BCUT2D eigenvalue weighted by molar-refractivity contribution is -0.119. The van der Waals surface area contributed by atoms with Gasteiger partial charge in [-0.05, 0) is 54.7 Å². The van der Waals surface area contributed by atoms with Crippen LogP contribution in [0.5, 0.6) is 0 Å². The smallest absolute Gasteiger partial charge is 0.241 e. The summed E-state index contributed by atoms with van der Waals surface area (Å²) in [6.07, 6.45) is 3.75. The van der Waals surface area contributed by atoms with E-state index in [1.807, 2.05) is 25.1 Å². The third kappa shape index (κ3) is 4.12. The quantitative estimate of drug-likeness (QED) is 0.837. The lowest BCUT2D eigenvalue weighted by atomic mass is 9.99. The van der Waals surface area contributed by atoms with E-state index in [2.05, 4.69) is 23.1 Å². The Kier molecular flexibility index (Phi) is 5.29. The fourth-order valence-corrected chi connectivity index (χ4v) is 4.77. The van der Waals surface area contributed by atoms with Crippen molar-refractivity contribution in [3.8, 4) is 0 Å². The molecule has 0 fully saturated rings. The van der Waals surface area contributed by atoms with Gasteiger partial charge in [0.25, 0.3) is 0 Å².